The number of nitrogens with zero attached hydrogens (tertiary/aromatic N) is 4. The number of imidazole rings is 1. The Kier molecular flexibility index (Phi) is 11.2. The molecule has 0 atom stereocenters. The molecule has 0 spiro atoms. The average molecular weight is 523 g/mol. The van der Waals surface area contributed by atoms with E-state index >= 15 is 0 Å². The van der Waals surface area contributed by atoms with E-state index < -0.39 is 0 Å². The summed E-state index contributed by atoms with van der Waals surface area (Å²) in [5.74, 6) is 1.82. The minimum atomic E-state index is 0.210. The van der Waals surface area contributed by atoms with E-state index in [4.69, 9.17) is 9.72 Å². The van der Waals surface area contributed by atoms with E-state index in [1.54, 1.807) is 54.8 Å². The number of thiazole rings is 1. The highest BCUT2D eigenvalue weighted by molar-refractivity contribution is 7.97. The van der Waals surface area contributed by atoms with Gasteiger partial charge in [-0.15, -0.1) is 11.3 Å². The van der Waals surface area contributed by atoms with Gasteiger partial charge in [-0.05, 0) is 49.2 Å². The monoisotopic (exact) mass is 522 g/mol. The van der Waals surface area contributed by atoms with Crippen molar-refractivity contribution in [3.63, 3.8) is 0 Å². The second-order valence-corrected chi connectivity index (χ2v) is 9.01. The van der Waals surface area contributed by atoms with Crippen LogP contribution in [0, 0.1) is 0 Å². The van der Waals surface area contributed by atoms with Gasteiger partial charge in [-0.3, -0.25) is 24.4 Å². The van der Waals surface area contributed by atoms with Crippen LogP contribution in [0.5, 0.6) is 5.75 Å². The number of rotatable bonds is 15. The molecule has 0 radical (unpaired) electrons. The summed E-state index contributed by atoms with van der Waals surface area (Å²) in [6, 6.07) is 6.97. The Bertz CT molecular complexity index is 1260. The zero-order valence-electron chi connectivity index (χ0n) is 20.1. The molecule has 2 aromatic heterocycles. The summed E-state index contributed by atoms with van der Waals surface area (Å²) >= 11 is 3.17. The van der Waals surface area contributed by atoms with Crippen LogP contribution in [0.4, 0.5) is 0 Å². The molecule has 3 rings (SSSR count). The average Bonchev–Trinajstić information content (AvgIpc) is 3.49. The third-order valence-electron chi connectivity index (χ3n) is 4.84. The van der Waals surface area contributed by atoms with Gasteiger partial charge in [0.15, 0.2) is 4.96 Å². The van der Waals surface area contributed by atoms with Crippen molar-refractivity contribution >= 4 is 46.9 Å². The SMILES string of the molecule is C=C/C=C(\C=C/CSNCCNCN=C/C=C(\N=C)c1c(-c2ccc(O)cc2)nc2sccn12)OC. The van der Waals surface area contributed by atoms with Gasteiger partial charge >= 0.3 is 0 Å². The first kappa shape index (κ1) is 27.2. The Morgan fingerprint density at radius 3 is 2.86 bits per heavy atom. The zero-order valence-corrected chi connectivity index (χ0v) is 21.8. The summed E-state index contributed by atoms with van der Waals surface area (Å²) in [6.07, 6.45) is 13.0. The molecule has 0 fully saturated rings. The van der Waals surface area contributed by atoms with Crippen molar-refractivity contribution in [3.8, 4) is 17.0 Å². The largest absolute Gasteiger partial charge is 0.508 e. The number of hydrogen-bond donors (Lipinski definition) is 3. The van der Waals surface area contributed by atoms with E-state index in [2.05, 4.69) is 33.3 Å². The fraction of sp³-hybridized carbons (Fsp3) is 0.192. The molecule has 0 saturated heterocycles. The number of aromatic nitrogens is 2. The maximum Gasteiger partial charge on any atom is 0.194 e. The summed E-state index contributed by atoms with van der Waals surface area (Å²) < 4.78 is 10.5. The Hall–Kier alpha value is -3.44. The van der Waals surface area contributed by atoms with Gasteiger partial charge in [0.1, 0.15) is 11.5 Å². The molecule has 0 bridgehead atoms. The Balaban J connectivity index is 1.49. The van der Waals surface area contributed by atoms with Gasteiger partial charge in [0.25, 0.3) is 0 Å². The fourth-order valence-electron chi connectivity index (χ4n) is 3.17. The molecule has 0 amide bonds. The van der Waals surface area contributed by atoms with Crippen molar-refractivity contribution in [3.05, 3.63) is 84.3 Å². The number of aromatic hydroxyl groups is 1. The van der Waals surface area contributed by atoms with Crippen LogP contribution in [0.3, 0.4) is 0 Å². The standard InChI is InChI=1S/C26H30N6O2S2/c1-4-6-22(34-3)7-5-17-36-30-15-14-29-19-28-13-12-23(27-2)25-24(20-8-10-21(33)11-9-20)31-26-32(25)16-18-35-26/h4-13,16,18,29-30,33H,1-2,14-15,17,19H2,3H3/b7-5-,22-6+,23-12-,28-13?. The number of fused-ring (bicyclic) bond motifs is 1. The molecule has 2 heterocycles. The first-order chi connectivity index (χ1) is 17.7. The summed E-state index contributed by atoms with van der Waals surface area (Å²) in [5.41, 5.74) is 3.17. The zero-order chi connectivity index (χ0) is 25.6. The molecular formula is C26H30N6O2S2. The van der Waals surface area contributed by atoms with Crippen LogP contribution in [0.2, 0.25) is 0 Å². The molecule has 0 aliphatic carbocycles. The summed E-state index contributed by atoms with van der Waals surface area (Å²) in [4.78, 5) is 14.3. The van der Waals surface area contributed by atoms with Gasteiger partial charge in [-0.25, -0.2) is 4.98 Å². The molecule has 0 unspecified atom stereocenters. The molecule has 0 aliphatic heterocycles. The van der Waals surface area contributed by atoms with Gasteiger partial charge in [0.05, 0.1) is 30.9 Å². The predicted octanol–water partition coefficient (Wildman–Crippen LogP) is 4.94. The lowest BCUT2D eigenvalue weighted by Gasteiger charge is -2.05. The van der Waals surface area contributed by atoms with Crippen LogP contribution in [0.15, 0.2) is 88.5 Å². The number of benzene rings is 1. The Morgan fingerprint density at radius 2 is 2.11 bits per heavy atom. The topological polar surface area (TPSA) is 95.5 Å². The first-order valence-electron chi connectivity index (χ1n) is 11.2. The quantitative estimate of drug-likeness (QED) is 0.0861. The molecule has 188 valence electrons. The first-order valence-corrected chi connectivity index (χ1v) is 13.0. The highest BCUT2D eigenvalue weighted by Gasteiger charge is 2.17. The van der Waals surface area contributed by atoms with Crippen LogP contribution in [0.1, 0.15) is 5.69 Å². The number of ether oxygens (including phenoxy) is 1. The van der Waals surface area contributed by atoms with Gasteiger partial charge in [0.2, 0.25) is 0 Å². The van der Waals surface area contributed by atoms with Crippen LogP contribution in [0.25, 0.3) is 21.9 Å². The van der Waals surface area contributed by atoms with E-state index in [0.717, 1.165) is 46.5 Å². The number of phenolic OH excluding ortho intramolecular Hbond substituents is 1. The third-order valence-corrected chi connectivity index (χ3v) is 6.37. The van der Waals surface area contributed by atoms with Crippen molar-refractivity contribution in [2.24, 2.45) is 9.98 Å². The van der Waals surface area contributed by atoms with Crippen molar-refractivity contribution in [2.75, 3.05) is 32.6 Å². The lowest BCUT2D eigenvalue weighted by molar-refractivity contribution is 0.307. The van der Waals surface area contributed by atoms with Crippen LogP contribution in [-0.4, -0.2) is 60.0 Å². The second-order valence-electron chi connectivity index (χ2n) is 7.23. The molecule has 0 saturated carbocycles. The number of phenols is 1. The second kappa shape index (κ2) is 14.8. The summed E-state index contributed by atoms with van der Waals surface area (Å²) in [5, 5.41) is 14.9. The van der Waals surface area contributed by atoms with Crippen LogP contribution in [-0.2, 0) is 4.74 Å². The fourth-order valence-corrected chi connectivity index (χ4v) is 4.44. The van der Waals surface area contributed by atoms with Gasteiger partial charge in [-0.2, -0.15) is 0 Å². The molecule has 1 aromatic carbocycles. The predicted molar refractivity (Wildman–Crippen MR) is 154 cm³/mol. The maximum absolute atomic E-state index is 9.64. The van der Waals surface area contributed by atoms with Gasteiger partial charge in [0, 0.05) is 42.2 Å². The highest BCUT2D eigenvalue weighted by atomic mass is 32.2. The third kappa shape index (κ3) is 7.79. The van der Waals surface area contributed by atoms with Crippen LogP contribution >= 0.6 is 23.3 Å². The van der Waals surface area contributed by atoms with Gasteiger partial charge in [-0.1, -0.05) is 30.7 Å². The van der Waals surface area contributed by atoms with E-state index in [-0.39, 0.29) is 5.75 Å². The van der Waals surface area contributed by atoms with E-state index in [1.165, 1.54) is 0 Å². The maximum atomic E-state index is 9.64. The minimum absolute atomic E-state index is 0.210. The molecule has 3 aromatic rings. The number of hydrogen-bond acceptors (Lipinski definition) is 9. The number of methoxy groups -OCH3 is 1. The lowest BCUT2D eigenvalue weighted by Crippen LogP contribution is -2.24. The van der Waals surface area contributed by atoms with Crippen molar-refractivity contribution in [1.29, 1.82) is 0 Å². The number of aliphatic imine (C=N–C) groups is 2. The summed E-state index contributed by atoms with van der Waals surface area (Å²) in [7, 11) is 1.64. The van der Waals surface area contributed by atoms with E-state index in [1.807, 2.05) is 52.4 Å². The molecule has 0 aliphatic rings. The van der Waals surface area contributed by atoms with Crippen LogP contribution < -0.4 is 10.0 Å². The lowest BCUT2D eigenvalue weighted by atomic mass is 10.1. The van der Waals surface area contributed by atoms with Crippen molar-refractivity contribution < 1.29 is 9.84 Å². The summed E-state index contributed by atoms with van der Waals surface area (Å²) in [6.45, 7) is 9.49. The smallest absolute Gasteiger partial charge is 0.194 e. The van der Waals surface area contributed by atoms with Gasteiger partial charge < -0.3 is 9.84 Å². The minimum Gasteiger partial charge on any atom is -0.508 e. The van der Waals surface area contributed by atoms with Crippen molar-refractivity contribution in [1.82, 2.24) is 19.4 Å². The number of nitrogens with one attached hydrogen (secondary N) is 2. The number of allylic oxidation sites excluding steroid dienone is 4. The normalized spacial score (nSPS) is 12.7. The van der Waals surface area contributed by atoms with E-state index in [0.29, 0.717) is 12.4 Å². The molecular weight excluding hydrogens is 492 g/mol. The molecule has 3 N–H and O–H groups in total. The Morgan fingerprint density at radius 1 is 1.28 bits per heavy atom. The highest BCUT2D eigenvalue weighted by Crippen LogP contribution is 2.32. The molecule has 36 heavy (non-hydrogen) atoms. The van der Waals surface area contributed by atoms with Crippen molar-refractivity contribution in [2.45, 2.75) is 0 Å². The Labute approximate surface area is 219 Å². The van der Waals surface area contributed by atoms with E-state index in [9.17, 15) is 5.11 Å². The molecule has 10 heteroatoms. The molecule has 8 nitrogen and oxygen atoms in total.